The molecule has 0 radical (unpaired) electrons. The van der Waals surface area contributed by atoms with E-state index in [4.69, 9.17) is 16.0 Å². The maximum Gasteiger partial charge on any atom is 0.289 e. The lowest BCUT2D eigenvalue weighted by atomic mass is 10.1. The minimum Gasteiger partial charge on any atom is -0.451 e. The first-order valence-electron chi connectivity index (χ1n) is 7.10. The monoisotopic (exact) mass is 306 g/mol. The number of benzene rings is 1. The molecule has 0 unspecified atom stereocenters. The van der Waals surface area contributed by atoms with Crippen molar-refractivity contribution in [2.45, 2.75) is 13.0 Å². The van der Waals surface area contributed by atoms with Crippen LogP contribution >= 0.6 is 11.6 Å². The van der Waals surface area contributed by atoms with Crippen LogP contribution in [0.25, 0.3) is 11.0 Å². The van der Waals surface area contributed by atoms with Gasteiger partial charge in [0, 0.05) is 29.5 Å². The minimum absolute atomic E-state index is 0.0430. The number of hydrogen-bond acceptors (Lipinski definition) is 3. The van der Waals surface area contributed by atoms with E-state index in [0.29, 0.717) is 28.3 Å². The standard InChI is InChI=1S/C16H19ClN2O2/c1-10-8-19(9-13(10)18(2)3)16(20)15-7-11-6-12(17)4-5-14(11)21-15/h4-7,10,13H,8-9H2,1-3H3/t10-,13-/m1/s1. The summed E-state index contributed by atoms with van der Waals surface area (Å²) in [5.41, 5.74) is 0.694. The van der Waals surface area contributed by atoms with Crippen molar-refractivity contribution in [1.29, 1.82) is 0 Å². The molecular formula is C16H19ClN2O2. The van der Waals surface area contributed by atoms with Crippen molar-refractivity contribution >= 4 is 28.5 Å². The van der Waals surface area contributed by atoms with E-state index in [1.807, 2.05) is 11.0 Å². The highest BCUT2D eigenvalue weighted by Crippen LogP contribution is 2.26. The molecule has 1 aromatic carbocycles. The predicted molar refractivity (Wildman–Crippen MR) is 83.8 cm³/mol. The Morgan fingerprint density at radius 3 is 2.76 bits per heavy atom. The molecule has 0 spiro atoms. The molecule has 1 saturated heterocycles. The molecule has 21 heavy (non-hydrogen) atoms. The number of carbonyl (C=O) groups is 1. The fourth-order valence-corrected chi connectivity index (χ4v) is 3.24. The Balaban J connectivity index is 1.84. The van der Waals surface area contributed by atoms with E-state index in [2.05, 4.69) is 25.9 Å². The maximum absolute atomic E-state index is 12.6. The maximum atomic E-state index is 12.6. The van der Waals surface area contributed by atoms with Gasteiger partial charge in [-0.25, -0.2) is 0 Å². The highest BCUT2D eigenvalue weighted by atomic mass is 35.5. The van der Waals surface area contributed by atoms with Gasteiger partial charge in [0.05, 0.1) is 0 Å². The third-order valence-electron chi connectivity index (χ3n) is 4.21. The van der Waals surface area contributed by atoms with Crippen LogP contribution in [0.3, 0.4) is 0 Å². The normalized spacial score (nSPS) is 22.4. The number of likely N-dealkylation sites (tertiary alicyclic amines) is 1. The van der Waals surface area contributed by atoms with E-state index < -0.39 is 0 Å². The lowest BCUT2D eigenvalue weighted by molar-refractivity contribution is 0.0752. The molecule has 3 rings (SSSR count). The van der Waals surface area contributed by atoms with Gasteiger partial charge >= 0.3 is 0 Å². The summed E-state index contributed by atoms with van der Waals surface area (Å²) in [6.07, 6.45) is 0. The first kappa shape index (κ1) is 14.4. The topological polar surface area (TPSA) is 36.7 Å². The summed E-state index contributed by atoms with van der Waals surface area (Å²) in [5, 5.41) is 1.51. The third-order valence-corrected chi connectivity index (χ3v) is 4.45. The van der Waals surface area contributed by atoms with Gasteiger partial charge in [0.2, 0.25) is 0 Å². The number of fused-ring (bicyclic) bond motifs is 1. The van der Waals surface area contributed by atoms with Crippen LogP contribution in [-0.4, -0.2) is 48.9 Å². The molecule has 0 aliphatic carbocycles. The van der Waals surface area contributed by atoms with Crippen LogP contribution in [0.15, 0.2) is 28.7 Å². The van der Waals surface area contributed by atoms with Crippen molar-refractivity contribution in [3.63, 3.8) is 0 Å². The predicted octanol–water partition coefficient (Wildman–Crippen LogP) is 3.11. The molecule has 2 atom stereocenters. The Hall–Kier alpha value is -1.52. The van der Waals surface area contributed by atoms with Gasteiger partial charge in [-0.3, -0.25) is 4.79 Å². The second-order valence-corrected chi connectivity index (χ2v) is 6.45. The number of amides is 1. The van der Waals surface area contributed by atoms with Crippen LogP contribution in [0, 0.1) is 5.92 Å². The van der Waals surface area contributed by atoms with E-state index in [-0.39, 0.29) is 5.91 Å². The van der Waals surface area contributed by atoms with E-state index >= 15 is 0 Å². The summed E-state index contributed by atoms with van der Waals surface area (Å²) in [6, 6.07) is 7.54. The van der Waals surface area contributed by atoms with Crippen molar-refractivity contribution in [3.8, 4) is 0 Å². The summed E-state index contributed by atoms with van der Waals surface area (Å²) < 4.78 is 5.66. The quantitative estimate of drug-likeness (QED) is 0.855. The largest absolute Gasteiger partial charge is 0.451 e. The molecule has 2 heterocycles. The van der Waals surface area contributed by atoms with Crippen molar-refractivity contribution in [3.05, 3.63) is 35.0 Å². The molecule has 2 aromatic rings. The number of hydrogen-bond donors (Lipinski definition) is 0. The second-order valence-electron chi connectivity index (χ2n) is 6.01. The summed E-state index contributed by atoms with van der Waals surface area (Å²) >= 11 is 5.97. The number of halogens is 1. The summed E-state index contributed by atoms with van der Waals surface area (Å²) in [4.78, 5) is 16.6. The Morgan fingerprint density at radius 2 is 2.10 bits per heavy atom. The molecule has 0 N–H and O–H groups in total. The molecule has 0 bridgehead atoms. The average Bonchev–Trinajstić information content (AvgIpc) is 3.00. The highest BCUT2D eigenvalue weighted by Gasteiger charge is 2.35. The van der Waals surface area contributed by atoms with Crippen LogP contribution in [0.5, 0.6) is 0 Å². The van der Waals surface area contributed by atoms with E-state index in [1.54, 1.807) is 18.2 Å². The zero-order valence-corrected chi connectivity index (χ0v) is 13.2. The lowest BCUT2D eigenvalue weighted by Crippen LogP contribution is -2.35. The van der Waals surface area contributed by atoms with Gasteiger partial charge in [-0.2, -0.15) is 0 Å². The SMILES string of the molecule is C[C@@H]1CN(C(=O)c2cc3cc(Cl)ccc3o2)C[C@H]1N(C)C. The van der Waals surface area contributed by atoms with Crippen molar-refractivity contribution in [2.24, 2.45) is 5.92 Å². The molecule has 5 heteroatoms. The summed E-state index contributed by atoms with van der Waals surface area (Å²) in [6.45, 7) is 3.68. The Morgan fingerprint density at radius 1 is 1.33 bits per heavy atom. The zero-order valence-electron chi connectivity index (χ0n) is 12.5. The number of nitrogens with zero attached hydrogens (tertiary/aromatic N) is 2. The molecule has 1 aliphatic heterocycles. The third kappa shape index (κ3) is 2.65. The van der Waals surface area contributed by atoms with Gasteiger partial charge in [-0.1, -0.05) is 18.5 Å². The van der Waals surface area contributed by atoms with Gasteiger partial charge in [0.25, 0.3) is 5.91 Å². The van der Waals surface area contributed by atoms with Crippen LogP contribution in [0.1, 0.15) is 17.5 Å². The van der Waals surface area contributed by atoms with Crippen LogP contribution in [0.2, 0.25) is 5.02 Å². The first-order valence-corrected chi connectivity index (χ1v) is 7.48. The Labute approximate surface area is 129 Å². The molecule has 112 valence electrons. The Kier molecular flexibility index (Phi) is 3.68. The van der Waals surface area contributed by atoms with Crippen LogP contribution < -0.4 is 0 Å². The van der Waals surface area contributed by atoms with E-state index in [9.17, 15) is 4.79 Å². The molecule has 4 nitrogen and oxygen atoms in total. The number of rotatable bonds is 2. The first-order chi connectivity index (χ1) is 9.95. The molecule has 0 saturated carbocycles. The minimum atomic E-state index is -0.0430. The van der Waals surface area contributed by atoms with Crippen molar-refractivity contribution < 1.29 is 9.21 Å². The van der Waals surface area contributed by atoms with Gasteiger partial charge < -0.3 is 14.2 Å². The van der Waals surface area contributed by atoms with Gasteiger partial charge in [0.1, 0.15) is 5.58 Å². The van der Waals surface area contributed by atoms with Gasteiger partial charge in [-0.15, -0.1) is 0 Å². The van der Waals surface area contributed by atoms with E-state index in [1.165, 1.54) is 0 Å². The molecular weight excluding hydrogens is 288 g/mol. The summed E-state index contributed by atoms with van der Waals surface area (Å²) in [7, 11) is 4.11. The number of carbonyl (C=O) groups excluding carboxylic acids is 1. The fourth-order valence-electron chi connectivity index (χ4n) is 3.06. The van der Waals surface area contributed by atoms with Crippen LogP contribution in [0.4, 0.5) is 0 Å². The molecule has 1 amide bonds. The average molecular weight is 307 g/mol. The van der Waals surface area contributed by atoms with Crippen molar-refractivity contribution in [2.75, 3.05) is 27.2 Å². The van der Waals surface area contributed by atoms with E-state index in [0.717, 1.165) is 18.5 Å². The smallest absolute Gasteiger partial charge is 0.289 e. The number of likely N-dealkylation sites (N-methyl/N-ethyl adjacent to an activating group) is 1. The molecule has 1 fully saturated rings. The lowest BCUT2D eigenvalue weighted by Gasteiger charge is -2.22. The molecule has 1 aliphatic rings. The van der Waals surface area contributed by atoms with Gasteiger partial charge in [0.15, 0.2) is 5.76 Å². The van der Waals surface area contributed by atoms with Gasteiger partial charge in [-0.05, 0) is 44.3 Å². The van der Waals surface area contributed by atoms with Crippen LogP contribution in [-0.2, 0) is 0 Å². The fraction of sp³-hybridized carbons (Fsp3) is 0.438. The zero-order chi connectivity index (χ0) is 15.1. The van der Waals surface area contributed by atoms with Crippen molar-refractivity contribution in [1.82, 2.24) is 9.80 Å². The highest BCUT2D eigenvalue weighted by molar-refractivity contribution is 6.31. The Bertz CT molecular complexity index is 680. The number of furan rings is 1. The summed E-state index contributed by atoms with van der Waals surface area (Å²) in [5.74, 6) is 0.806. The molecule has 1 aromatic heterocycles. The second kappa shape index (κ2) is 5.35.